The summed E-state index contributed by atoms with van der Waals surface area (Å²) in [6.45, 7) is 4.63. The molecule has 0 radical (unpaired) electrons. The van der Waals surface area contributed by atoms with Crippen LogP contribution >= 0.6 is 0 Å². The first kappa shape index (κ1) is 13.1. The summed E-state index contributed by atoms with van der Waals surface area (Å²) in [6, 6.07) is 7.95. The van der Waals surface area contributed by atoms with Gasteiger partial charge < -0.3 is 15.5 Å². The number of hydrogen-bond acceptors (Lipinski definition) is 4. The highest BCUT2D eigenvalue weighted by Gasteiger charge is 2.10. The number of nitrogens with one attached hydrogen (secondary N) is 2. The number of anilines is 1. The van der Waals surface area contributed by atoms with Gasteiger partial charge in [0.1, 0.15) is 0 Å². The Hall–Kier alpha value is -1.39. The minimum absolute atomic E-state index is 0.140. The van der Waals surface area contributed by atoms with Gasteiger partial charge in [0.05, 0.1) is 6.54 Å². The third kappa shape index (κ3) is 3.31. The average molecular weight is 247 g/mol. The van der Waals surface area contributed by atoms with Crippen molar-refractivity contribution in [1.29, 1.82) is 0 Å². The Morgan fingerprint density at radius 2 is 2.06 bits per heavy atom. The molecule has 1 fully saturated rings. The molecule has 1 aliphatic heterocycles. The quantitative estimate of drug-likeness (QED) is 0.776. The molecule has 0 saturated carbocycles. The van der Waals surface area contributed by atoms with Crippen LogP contribution in [0.1, 0.15) is 16.8 Å². The molecule has 1 aromatic rings. The number of carbonyl (C=O) groups is 1. The highest BCUT2D eigenvalue weighted by molar-refractivity contribution is 5.97. The van der Waals surface area contributed by atoms with E-state index in [2.05, 4.69) is 15.5 Å². The zero-order valence-electron chi connectivity index (χ0n) is 10.9. The van der Waals surface area contributed by atoms with Gasteiger partial charge in [-0.15, -0.1) is 0 Å². The third-order valence-corrected chi connectivity index (χ3v) is 3.23. The second-order valence-corrected chi connectivity index (χ2v) is 4.59. The van der Waals surface area contributed by atoms with Crippen molar-refractivity contribution in [2.75, 3.05) is 44.7 Å². The van der Waals surface area contributed by atoms with Crippen molar-refractivity contribution in [3.63, 3.8) is 0 Å². The first-order valence-electron chi connectivity index (χ1n) is 6.55. The van der Waals surface area contributed by atoms with Gasteiger partial charge in [-0.3, -0.25) is 4.79 Å². The van der Waals surface area contributed by atoms with E-state index in [0.29, 0.717) is 6.54 Å². The second-order valence-electron chi connectivity index (χ2n) is 4.59. The summed E-state index contributed by atoms with van der Waals surface area (Å²) in [5.74, 6) is 0.140. The van der Waals surface area contributed by atoms with Crippen LogP contribution < -0.4 is 15.5 Å². The van der Waals surface area contributed by atoms with Gasteiger partial charge in [-0.25, -0.2) is 0 Å². The SMILES string of the molecule is CNCC(=O)c1ccc(N2CCCNCC2)cc1. The first-order chi connectivity index (χ1) is 8.81. The maximum absolute atomic E-state index is 11.7. The number of rotatable bonds is 4. The van der Waals surface area contributed by atoms with E-state index >= 15 is 0 Å². The number of Topliss-reactive ketones (excluding diaryl/α,β-unsaturated/α-hetero) is 1. The molecule has 4 heteroatoms. The molecule has 1 aliphatic rings. The highest BCUT2D eigenvalue weighted by atomic mass is 16.1. The van der Waals surface area contributed by atoms with E-state index in [1.54, 1.807) is 7.05 Å². The van der Waals surface area contributed by atoms with Crippen molar-refractivity contribution in [2.24, 2.45) is 0 Å². The molecule has 98 valence electrons. The lowest BCUT2D eigenvalue weighted by molar-refractivity contribution is 0.0993. The van der Waals surface area contributed by atoms with E-state index in [4.69, 9.17) is 0 Å². The monoisotopic (exact) mass is 247 g/mol. The highest BCUT2D eigenvalue weighted by Crippen LogP contribution is 2.16. The number of benzene rings is 1. The maximum Gasteiger partial charge on any atom is 0.176 e. The summed E-state index contributed by atoms with van der Waals surface area (Å²) >= 11 is 0. The number of hydrogen-bond donors (Lipinski definition) is 2. The summed E-state index contributed by atoms with van der Waals surface area (Å²) in [5, 5.41) is 6.27. The Labute approximate surface area is 108 Å². The summed E-state index contributed by atoms with van der Waals surface area (Å²) < 4.78 is 0. The standard InChI is InChI=1S/C14H21N3O/c1-15-11-14(18)12-3-5-13(6-4-12)17-9-2-7-16-8-10-17/h3-6,15-16H,2,7-11H2,1H3. The second kappa shape index (κ2) is 6.52. The molecule has 2 N–H and O–H groups in total. The molecule has 0 unspecified atom stereocenters. The van der Waals surface area contributed by atoms with Crippen molar-refractivity contribution in [3.8, 4) is 0 Å². The molecule has 0 atom stereocenters. The smallest absolute Gasteiger partial charge is 0.176 e. The zero-order chi connectivity index (χ0) is 12.8. The molecule has 0 bridgehead atoms. The molecule has 1 aromatic carbocycles. The predicted molar refractivity (Wildman–Crippen MR) is 74.4 cm³/mol. The average Bonchev–Trinajstić information content (AvgIpc) is 2.68. The zero-order valence-corrected chi connectivity index (χ0v) is 10.9. The van der Waals surface area contributed by atoms with Crippen LogP contribution in [0.4, 0.5) is 5.69 Å². The van der Waals surface area contributed by atoms with E-state index in [1.807, 2.05) is 24.3 Å². The van der Waals surface area contributed by atoms with Crippen LogP contribution in [0.5, 0.6) is 0 Å². The lowest BCUT2D eigenvalue weighted by atomic mass is 10.1. The molecule has 4 nitrogen and oxygen atoms in total. The molecular weight excluding hydrogens is 226 g/mol. The molecule has 0 spiro atoms. The molecule has 2 rings (SSSR count). The third-order valence-electron chi connectivity index (χ3n) is 3.23. The molecule has 18 heavy (non-hydrogen) atoms. The Kier molecular flexibility index (Phi) is 4.73. The van der Waals surface area contributed by atoms with Crippen molar-refractivity contribution < 1.29 is 4.79 Å². The van der Waals surface area contributed by atoms with Crippen LogP contribution in [0.25, 0.3) is 0 Å². The molecular formula is C14H21N3O. The van der Waals surface area contributed by atoms with Crippen molar-refractivity contribution in [3.05, 3.63) is 29.8 Å². The predicted octanol–water partition coefficient (Wildman–Crippen LogP) is 0.888. The lowest BCUT2D eigenvalue weighted by Crippen LogP contribution is -2.27. The topological polar surface area (TPSA) is 44.4 Å². The van der Waals surface area contributed by atoms with Gasteiger partial charge in [0, 0.05) is 30.9 Å². The van der Waals surface area contributed by atoms with Crippen LogP contribution in [0.15, 0.2) is 24.3 Å². The molecule has 0 aromatic heterocycles. The normalized spacial score (nSPS) is 16.4. The van der Waals surface area contributed by atoms with Crippen LogP contribution in [-0.4, -0.2) is 45.6 Å². The Morgan fingerprint density at radius 3 is 2.78 bits per heavy atom. The van der Waals surface area contributed by atoms with Gasteiger partial charge >= 0.3 is 0 Å². The summed E-state index contributed by atoms with van der Waals surface area (Å²) in [7, 11) is 1.79. The van der Waals surface area contributed by atoms with E-state index in [0.717, 1.165) is 31.7 Å². The fourth-order valence-corrected chi connectivity index (χ4v) is 2.22. The Morgan fingerprint density at radius 1 is 1.28 bits per heavy atom. The van der Waals surface area contributed by atoms with E-state index in [-0.39, 0.29) is 5.78 Å². The van der Waals surface area contributed by atoms with Crippen molar-refractivity contribution >= 4 is 11.5 Å². The van der Waals surface area contributed by atoms with Crippen LogP contribution in [-0.2, 0) is 0 Å². The lowest BCUT2D eigenvalue weighted by Gasteiger charge is -2.22. The van der Waals surface area contributed by atoms with Gasteiger partial charge in [-0.2, -0.15) is 0 Å². The number of likely N-dealkylation sites (N-methyl/N-ethyl adjacent to an activating group) is 1. The largest absolute Gasteiger partial charge is 0.370 e. The van der Waals surface area contributed by atoms with Crippen LogP contribution in [0.3, 0.4) is 0 Å². The number of nitrogens with zero attached hydrogens (tertiary/aromatic N) is 1. The molecule has 1 heterocycles. The van der Waals surface area contributed by atoms with Gasteiger partial charge in [0.25, 0.3) is 0 Å². The van der Waals surface area contributed by atoms with E-state index in [1.165, 1.54) is 12.1 Å². The van der Waals surface area contributed by atoms with Crippen molar-refractivity contribution in [1.82, 2.24) is 10.6 Å². The minimum atomic E-state index is 0.140. The van der Waals surface area contributed by atoms with E-state index < -0.39 is 0 Å². The fraction of sp³-hybridized carbons (Fsp3) is 0.500. The van der Waals surface area contributed by atoms with Gasteiger partial charge in [-0.1, -0.05) is 0 Å². The molecule has 0 aliphatic carbocycles. The molecule has 1 saturated heterocycles. The van der Waals surface area contributed by atoms with E-state index in [9.17, 15) is 4.79 Å². The Bertz CT molecular complexity index is 381. The fourth-order valence-electron chi connectivity index (χ4n) is 2.22. The first-order valence-corrected chi connectivity index (χ1v) is 6.55. The maximum atomic E-state index is 11.7. The molecule has 0 amide bonds. The Balaban J connectivity index is 2.04. The minimum Gasteiger partial charge on any atom is -0.370 e. The van der Waals surface area contributed by atoms with Crippen molar-refractivity contribution in [2.45, 2.75) is 6.42 Å². The van der Waals surface area contributed by atoms with Gasteiger partial charge in [0.2, 0.25) is 0 Å². The summed E-state index contributed by atoms with van der Waals surface area (Å²) in [5.41, 5.74) is 1.99. The summed E-state index contributed by atoms with van der Waals surface area (Å²) in [6.07, 6.45) is 1.17. The summed E-state index contributed by atoms with van der Waals surface area (Å²) in [4.78, 5) is 14.1. The van der Waals surface area contributed by atoms with Crippen LogP contribution in [0.2, 0.25) is 0 Å². The van der Waals surface area contributed by atoms with Gasteiger partial charge in [-0.05, 0) is 44.3 Å². The number of carbonyl (C=O) groups excluding carboxylic acids is 1. The number of ketones is 1. The van der Waals surface area contributed by atoms with Gasteiger partial charge in [0.15, 0.2) is 5.78 Å². The van der Waals surface area contributed by atoms with Crippen LogP contribution in [0, 0.1) is 0 Å².